The Morgan fingerprint density at radius 2 is 2.00 bits per heavy atom. The van der Waals surface area contributed by atoms with Crippen LogP contribution in [0.4, 0.5) is 5.82 Å². The number of aromatic nitrogens is 3. The van der Waals surface area contributed by atoms with Crippen molar-refractivity contribution < 1.29 is 55.9 Å². The zero-order valence-corrected chi connectivity index (χ0v) is 20.3. The number of anilines is 1. The monoisotopic (exact) mass is 559 g/mol. The minimum absolute atomic E-state index is 0.114. The van der Waals surface area contributed by atoms with Crippen LogP contribution in [0.1, 0.15) is 19.6 Å². The summed E-state index contributed by atoms with van der Waals surface area (Å²) in [6.07, 6.45) is -0.765. The Labute approximate surface area is 195 Å². The summed E-state index contributed by atoms with van der Waals surface area (Å²) in [5.74, 6) is 0.223. The summed E-state index contributed by atoms with van der Waals surface area (Å²) in [7, 11) is -16.6. The van der Waals surface area contributed by atoms with Gasteiger partial charge in [0.15, 0.2) is 0 Å². The summed E-state index contributed by atoms with van der Waals surface area (Å²) in [4.78, 5) is 46.9. The van der Waals surface area contributed by atoms with Crippen molar-refractivity contribution in [2.45, 2.75) is 38.0 Å². The summed E-state index contributed by atoms with van der Waals surface area (Å²) in [6, 6.07) is 1.64. The van der Waals surface area contributed by atoms with Crippen LogP contribution in [0.25, 0.3) is 21.5 Å². The fraction of sp³-hybridized carbons (Fsp3) is 0.538. The molecule has 2 aromatic heterocycles. The fourth-order valence-electron chi connectivity index (χ4n) is 3.21. The number of nitrogen functional groups attached to an aromatic ring is 1. The van der Waals surface area contributed by atoms with Crippen molar-refractivity contribution in [1.82, 2.24) is 14.5 Å². The second kappa shape index (κ2) is 10.6. The van der Waals surface area contributed by atoms with Crippen LogP contribution < -0.4 is 5.73 Å². The highest BCUT2D eigenvalue weighted by Gasteiger charge is 2.43. The highest BCUT2D eigenvalue weighted by Crippen LogP contribution is 2.66. The molecule has 0 amide bonds. The predicted molar refractivity (Wildman–Crippen MR) is 114 cm³/mol. The highest BCUT2D eigenvalue weighted by atomic mass is 31.3. The van der Waals surface area contributed by atoms with Crippen LogP contribution in [0.5, 0.6) is 0 Å². The lowest BCUT2D eigenvalue weighted by molar-refractivity contribution is -0.0745. The number of azide groups is 1. The number of phosphoric ester groups is 1. The Kier molecular flexibility index (Phi) is 8.36. The number of nitrogens with zero attached hydrogens (tertiary/aromatic N) is 6. The summed E-state index contributed by atoms with van der Waals surface area (Å²) in [5, 5.41) is 3.93. The van der Waals surface area contributed by atoms with Gasteiger partial charge in [0, 0.05) is 17.5 Å². The van der Waals surface area contributed by atoms with E-state index >= 15 is 0 Å². The van der Waals surface area contributed by atoms with Crippen molar-refractivity contribution in [3.63, 3.8) is 0 Å². The van der Waals surface area contributed by atoms with Gasteiger partial charge >= 0.3 is 23.5 Å². The molecule has 3 rings (SSSR count). The van der Waals surface area contributed by atoms with E-state index in [-0.39, 0.29) is 12.2 Å². The Balaban J connectivity index is 1.76. The van der Waals surface area contributed by atoms with E-state index in [9.17, 15) is 23.5 Å². The maximum absolute atomic E-state index is 12.1. The predicted octanol–water partition coefficient (Wildman–Crippen LogP) is 1.69. The average molecular weight is 559 g/mol. The molecule has 6 N–H and O–H groups in total. The largest absolute Gasteiger partial charge is 0.490 e. The molecule has 2 aromatic rings. The van der Waals surface area contributed by atoms with Gasteiger partial charge in [-0.05, 0) is 18.5 Å². The van der Waals surface area contributed by atoms with Crippen LogP contribution in [-0.4, -0.2) is 59.2 Å². The molecule has 35 heavy (non-hydrogen) atoms. The first kappa shape index (κ1) is 27.6. The van der Waals surface area contributed by atoms with E-state index in [1.54, 1.807) is 16.8 Å². The zero-order chi connectivity index (χ0) is 26.0. The average Bonchev–Trinajstić information content (AvgIpc) is 3.28. The van der Waals surface area contributed by atoms with Crippen molar-refractivity contribution in [2.75, 3.05) is 12.3 Å². The number of ether oxygens (including phenoxy) is 2. The Morgan fingerprint density at radius 3 is 2.66 bits per heavy atom. The number of nitrogens with two attached hydrogens (primary N) is 1. The summed E-state index contributed by atoms with van der Waals surface area (Å²) in [5.41, 5.74) is 14.9. The van der Waals surface area contributed by atoms with Crippen molar-refractivity contribution in [3.8, 4) is 0 Å². The highest BCUT2D eigenvalue weighted by molar-refractivity contribution is 7.66. The van der Waals surface area contributed by atoms with Crippen LogP contribution >= 0.6 is 23.5 Å². The lowest BCUT2D eigenvalue weighted by Gasteiger charge is -2.22. The first-order valence-electron chi connectivity index (χ1n) is 9.40. The van der Waals surface area contributed by atoms with Gasteiger partial charge in [0.25, 0.3) is 0 Å². The van der Waals surface area contributed by atoms with Gasteiger partial charge in [-0.2, -0.15) is 8.62 Å². The molecule has 0 spiro atoms. The van der Waals surface area contributed by atoms with E-state index < -0.39 is 54.7 Å². The second-order valence-corrected chi connectivity index (χ2v) is 11.4. The van der Waals surface area contributed by atoms with E-state index in [1.807, 2.05) is 0 Å². The molecule has 0 radical (unpaired) electrons. The molecule has 3 unspecified atom stereocenters. The third kappa shape index (κ3) is 7.52. The van der Waals surface area contributed by atoms with Crippen molar-refractivity contribution in [1.29, 1.82) is 0 Å². The zero-order valence-electron chi connectivity index (χ0n) is 17.6. The van der Waals surface area contributed by atoms with Gasteiger partial charge in [0.1, 0.15) is 36.4 Å². The van der Waals surface area contributed by atoms with Gasteiger partial charge in [0.05, 0.1) is 18.1 Å². The Bertz CT molecular complexity index is 1260. The molecular formula is C13H20N7O12P3. The Hall–Kier alpha value is -1.94. The number of phosphoric acid groups is 3. The molecule has 1 saturated heterocycles. The minimum Gasteiger partial charge on any atom is -0.383 e. The molecular weight excluding hydrogens is 539 g/mol. The van der Waals surface area contributed by atoms with Crippen LogP contribution in [0.15, 0.2) is 23.7 Å². The maximum Gasteiger partial charge on any atom is 0.490 e. The molecule has 19 nitrogen and oxygen atoms in total. The first-order valence-corrected chi connectivity index (χ1v) is 13.9. The van der Waals surface area contributed by atoms with Crippen molar-refractivity contribution >= 4 is 40.3 Å². The molecule has 1 fully saturated rings. The van der Waals surface area contributed by atoms with Gasteiger partial charge in [0.2, 0.25) is 0 Å². The van der Waals surface area contributed by atoms with Crippen LogP contribution in [-0.2, 0) is 36.3 Å². The number of rotatable bonds is 11. The molecule has 22 heteroatoms. The van der Waals surface area contributed by atoms with E-state index in [0.29, 0.717) is 11.0 Å². The molecule has 0 saturated carbocycles. The molecule has 0 aliphatic carbocycles. The standard InChI is InChI=1S/C13H20N7O12P3/c1-7(18-19-15)29-9-4-11(20-3-2-8-12(14)16-6-17-13(8)20)30-10(9)5-28-34(24,25)32-35(26,27)31-33(21,22)23/h2-3,6-7,9-11H,4-5H2,1H3,(H,24,25)(H,26,27)(H2,14,16,17)(H2,21,22,23)/t7-,9?,10-,11-/m1/s1. The maximum atomic E-state index is 12.1. The van der Waals surface area contributed by atoms with E-state index in [4.69, 9.17) is 30.5 Å². The van der Waals surface area contributed by atoms with E-state index in [0.717, 1.165) is 0 Å². The van der Waals surface area contributed by atoms with E-state index in [2.05, 4.69) is 33.1 Å². The Morgan fingerprint density at radius 1 is 1.29 bits per heavy atom. The van der Waals surface area contributed by atoms with Gasteiger partial charge in [-0.3, -0.25) is 4.52 Å². The first-order chi connectivity index (χ1) is 16.2. The number of hydrogen-bond donors (Lipinski definition) is 5. The lowest BCUT2D eigenvalue weighted by atomic mass is 10.2. The SMILES string of the molecule is C[C@H](N=[N+]=[N-])OC1C[C@H](n2ccc3c(N)ncnc32)O[C@@H]1COP(=O)(O)OP(=O)(O)OP(=O)(O)O. The molecule has 3 heterocycles. The molecule has 1 aliphatic heterocycles. The molecule has 0 bridgehead atoms. The topological polar surface area (TPSA) is 284 Å². The quantitative estimate of drug-likeness (QED) is 0.113. The molecule has 0 aromatic carbocycles. The fourth-order valence-corrected chi connectivity index (χ4v) is 6.24. The van der Waals surface area contributed by atoms with Crippen LogP contribution in [0.3, 0.4) is 0 Å². The summed E-state index contributed by atoms with van der Waals surface area (Å²) in [6.45, 7) is 0.676. The van der Waals surface area contributed by atoms with Gasteiger partial charge in [-0.25, -0.2) is 23.7 Å². The normalized spacial score (nSPS) is 25.0. The summed E-state index contributed by atoms with van der Waals surface area (Å²) >= 11 is 0. The molecule has 194 valence electrons. The third-order valence-corrected chi connectivity index (χ3v) is 8.24. The lowest BCUT2D eigenvalue weighted by Crippen LogP contribution is -2.31. The van der Waals surface area contributed by atoms with Gasteiger partial charge in [-0.15, -0.1) is 0 Å². The van der Waals surface area contributed by atoms with Gasteiger partial charge in [-0.1, -0.05) is 5.11 Å². The third-order valence-electron chi connectivity index (χ3n) is 4.43. The second-order valence-electron chi connectivity index (χ2n) is 6.95. The van der Waals surface area contributed by atoms with Crippen molar-refractivity contribution in [3.05, 3.63) is 29.0 Å². The number of fused-ring (bicyclic) bond motifs is 1. The molecule has 1 aliphatic rings. The van der Waals surface area contributed by atoms with Crippen molar-refractivity contribution in [2.24, 2.45) is 5.11 Å². The van der Waals surface area contributed by atoms with Crippen LogP contribution in [0.2, 0.25) is 0 Å². The van der Waals surface area contributed by atoms with E-state index in [1.165, 1.54) is 13.3 Å². The number of hydrogen-bond acceptors (Lipinski definition) is 12. The minimum atomic E-state index is -5.69. The smallest absolute Gasteiger partial charge is 0.383 e. The molecule has 6 atom stereocenters. The van der Waals surface area contributed by atoms with Gasteiger partial charge < -0.3 is 39.3 Å². The summed E-state index contributed by atoms with van der Waals surface area (Å²) < 4.78 is 59.4. The van der Waals surface area contributed by atoms with Crippen LogP contribution in [0, 0.1) is 0 Å².